The van der Waals surface area contributed by atoms with Crippen molar-refractivity contribution in [2.45, 2.75) is 56.0 Å². The van der Waals surface area contributed by atoms with Crippen LogP contribution < -0.4 is 0 Å². The third-order valence-corrected chi connectivity index (χ3v) is 5.94. The first-order valence-corrected chi connectivity index (χ1v) is 9.81. The summed E-state index contributed by atoms with van der Waals surface area (Å²) in [4.78, 5) is 14.9. The zero-order valence-electron chi connectivity index (χ0n) is 13.7. The molecule has 5 nitrogen and oxygen atoms in total. The van der Waals surface area contributed by atoms with Crippen LogP contribution in [0.1, 0.15) is 39.5 Å². The average molecular weight is 387 g/mol. The molecule has 2 aromatic rings. The van der Waals surface area contributed by atoms with E-state index in [4.69, 9.17) is 23.2 Å². The number of piperidine rings is 1. The molecule has 0 aliphatic carbocycles. The lowest BCUT2D eigenvalue weighted by Gasteiger charge is -2.36. The van der Waals surface area contributed by atoms with E-state index in [0.29, 0.717) is 26.9 Å². The predicted molar refractivity (Wildman–Crippen MR) is 98.0 cm³/mol. The van der Waals surface area contributed by atoms with Crippen LogP contribution in [0.2, 0.25) is 10.0 Å². The van der Waals surface area contributed by atoms with Crippen molar-refractivity contribution in [1.29, 1.82) is 0 Å². The van der Waals surface area contributed by atoms with Crippen molar-refractivity contribution < 1.29 is 4.79 Å². The molecular weight excluding hydrogens is 367 g/mol. The minimum Gasteiger partial charge on any atom is -0.339 e. The van der Waals surface area contributed by atoms with Gasteiger partial charge in [0.2, 0.25) is 5.91 Å². The number of rotatable bonds is 4. The molecule has 2 atom stereocenters. The number of aromatic nitrogens is 3. The van der Waals surface area contributed by atoms with Gasteiger partial charge in [0, 0.05) is 18.8 Å². The summed E-state index contributed by atoms with van der Waals surface area (Å²) in [7, 11) is 0. The number of carbonyl (C=O) groups is 1. The summed E-state index contributed by atoms with van der Waals surface area (Å²) in [5.41, 5.74) is 0.549. The molecule has 1 fully saturated rings. The molecule has 0 radical (unpaired) electrons. The molecule has 2 unspecified atom stereocenters. The van der Waals surface area contributed by atoms with Crippen LogP contribution >= 0.6 is 35.0 Å². The first-order chi connectivity index (χ1) is 11.5. The van der Waals surface area contributed by atoms with Gasteiger partial charge in [0.25, 0.3) is 0 Å². The fourth-order valence-corrected chi connectivity index (χ4v) is 4.54. The maximum atomic E-state index is 12.9. The van der Waals surface area contributed by atoms with Gasteiger partial charge in [-0.05, 0) is 38.7 Å². The second-order valence-electron chi connectivity index (χ2n) is 6.03. The molecule has 1 aliphatic heterocycles. The fourth-order valence-electron chi connectivity index (χ4n) is 3.14. The second-order valence-corrected chi connectivity index (χ2v) is 8.18. The number of carbonyl (C=O) groups excluding carboxylic acids is 1. The Labute approximate surface area is 155 Å². The van der Waals surface area contributed by atoms with Crippen molar-refractivity contribution in [1.82, 2.24) is 19.5 Å². The third kappa shape index (κ3) is 3.51. The average Bonchev–Trinajstić information content (AvgIpc) is 2.97. The SMILES string of the molecule is CCC1CCCCN1C(=O)C(C)Sc1nnc2c(Cl)cc(Cl)cn12. The van der Waals surface area contributed by atoms with Crippen LogP contribution in [0.15, 0.2) is 17.4 Å². The number of fused-ring (bicyclic) bond motifs is 1. The van der Waals surface area contributed by atoms with Crippen LogP contribution in [0.3, 0.4) is 0 Å². The van der Waals surface area contributed by atoms with Gasteiger partial charge in [-0.25, -0.2) is 0 Å². The molecule has 1 saturated heterocycles. The smallest absolute Gasteiger partial charge is 0.236 e. The Morgan fingerprint density at radius 3 is 2.96 bits per heavy atom. The fraction of sp³-hybridized carbons (Fsp3) is 0.562. The van der Waals surface area contributed by atoms with Crippen LogP contribution in [0.25, 0.3) is 5.65 Å². The standard InChI is InChI=1S/C16H20Cl2N4OS/c1-3-12-6-4-5-7-21(12)15(23)10(2)24-16-20-19-14-13(18)8-11(17)9-22(14)16/h8-10,12H,3-7H2,1-2H3. The zero-order chi connectivity index (χ0) is 17.3. The molecular formula is C16H20Cl2N4OS. The molecule has 2 aromatic heterocycles. The van der Waals surface area contributed by atoms with E-state index in [1.54, 1.807) is 16.7 Å². The Morgan fingerprint density at radius 1 is 1.42 bits per heavy atom. The summed E-state index contributed by atoms with van der Waals surface area (Å²) in [6.45, 7) is 4.91. The monoisotopic (exact) mass is 386 g/mol. The normalized spacial score (nSPS) is 19.7. The molecule has 3 heterocycles. The van der Waals surface area contributed by atoms with E-state index in [9.17, 15) is 4.79 Å². The quantitative estimate of drug-likeness (QED) is 0.734. The Balaban J connectivity index is 1.79. The maximum Gasteiger partial charge on any atom is 0.236 e. The van der Waals surface area contributed by atoms with Gasteiger partial charge in [-0.2, -0.15) is 0 Å². The highest BCUT2D eigenvalue weighted by Crippen LogP contribution is 2.29. The number of pyridine rings is 1. The second kappa shape index (κ2) is 7.50. The van der Waals surface area contributed by atoms with E-state index < -0.39 is 0 Å². The number of likely N-dealkylation sites (tertiary alicyclic amines) is 1. The number of halogens is 2. The molecule has 24 heavy (non-hydrogen) atoms. The summed E-state index contributed by atoms with van der Waals surface area (Å²) < 4.78 is 1.74. The lowest BCUT2D eigenvalue weighted by atomic mass is 10.00. The third-order valence-electron chi connectivity index (χ3n) is 4.41. The molecule has 0 N–H and O–H groups in total. The Morgan fingerprint density at radius 2 is 2.21 bits per heavy atom. The van der Waals surface area contributed by atoms with Gasteiger partial charge in [-0.3, -0.25) is 9.20 Å². The van der Waals surface area contributed by atoms with Gasteiger partial charge in [0.05, 0.1) is 15.3 Å². The Bertz CT molecular complexity index is 751. The number of thioether (sulfide) groups is 1. The van der Waals surface area contributed by atoms with E-state index in [0.717, 1.165) is 25.8 Å². The first-order valence-electron chi connectivity index (χ1n) is 8.18. The number of hydrogen-bond donors (Lipinski definition) is 0. The highest BCUT2D eigenvalue weighted by atomic mass is 35.5. The summed E-state index contributed by atoms with van der Waals surface area (Å²) in [6, 6.07) is 1.99. The Hall–Kier alpha value is -0.980. The van der Waals surface area contributed by atoms with E-state index in [2.05, 4.69) is 17.1 Å². The molecule has 1 amide bonds. The van der Waals surface area contributed by atoms with Gasteiger partial charge in [0.1, 0.15) is 0 Å². The van der Waals surface area contributed by atoms with E-state index in [1.165, 1.54) is 18.2 Å². The predicted octanol–water partition coefficient (Wildman–Crippen LogP) is 4.31. The minimum absolute atomic E-state index is 0.163. The van der Waals surface area contributed by atoms with Gasteiger partial charge < -0.3 is 4.90 Å². The van der Waals surface area contributed by atoms with Crippen molar-refractivity contribution in [2.24, 2.45) is 0 Å². The van der Waals surface area contributed by atoms with Gasteiger partial charge >= 0.3 is 0 Å². The van der Waals surface area contributed by atoms with E-state index >= 15 is 0 Å². The van der Waals surface area contributed by atoms with Crippen molar-refractivity contribution in [3.63, 3.8) is 0 Å². The van der Waals surface area contributed by atoms with Gasteiger partial charge in [0.15, 0.2) is 10.8 Å². The van der Waals surface area contributed by atoms with Crippen LogP contribution in [-0.2, 0) is 4.79 Å². The number of amides is 1. The molecule has 3 rings (SSSR count). The number of hydrogen-bond acceptors (Lipinski definition) is 4. The lowest BCUT2D eigenvalue weighted by molar-refractivity contribution is -0.134. The molecule has 8 heteroatoms. The van der Waals surface area contributed by atoms with E-state index in [-0.39, 0.29) is 11.2 Å². The number of nitrogens with zero attached hydrogens (tertiary/aromatic N) is 4. The topological polar surface area (TPSA) is 50.5 Å². The highest BCUT2D eigenvalue weighted by Gasteiger charge is 2.30. The summed E-state index contributed by atoms with van der Waals surface area (Å²) >= 11 is 13.6. The van der Waals surface area contributed by atoms with Crippen molar-refractivity contribution in [3.8, 4) is 0 Å². The molecule has 0 bridgehead atoms. The summed E-state index contributed by atoms with van der Waals surface area (Å²) in [5.74, 6) is 0.163. The molecule has 0 saturated carbocycles. The van der Waals surface area contributed by atoms with Gasteiger partial charge in [-0.15, -0.1) is 10.2 Å². The van der Waals surface area contributed by atoms with Crippen molar-refractivity contribution >= 4 is 46.5 Å². The molecule has 0 aromatic carbocycles. The van der Waals surface area contributed by atoms with Crippen LogP contribution in [0, 0.1) is 0 Å². The molecule has 130 valence electrons. The van der Waals surface area contributed by atoms with Crippen molar-refractivity contribution in [3.05, 3.63) is 22.3 Å². The summed E-state index contributed by atoms with van der Waals surface area (Å²) in [6.07, 6.45) is 6.10. The zero-order valence-corrected chi connectivity index (χ0v) is 16.0. The largest absolute Gasteiger partial charge is 0.339 e. The van der Waals surface area contributed by atoms with Gasteiger partial charge in [-0.1, -0.05) is 41.9 Å². The first kappa shape index (κ1) is 17.8. The van der Waals surface area contributed by atoms with Crippen LogP contribution in [0.4, 0.5) is 0 Å². The molecule has 1 aliphatic rings. The summed E-state index contributed by atoms with van der Waals surface area (Å²) in [5, 5.41) is 9.61. The lowest BCUT2D eigenvalue weighted by Crippen LogP contribution is -2.46. The maximum absolute atomic E-state index is 12.9. The van der Waals surface area contributed by atoms with Crippen molar-refractivity contribution in [2.75, 3.05) is 6.54 Å². The van der Waals surface area contributed by atoms with Crippen LogP contribution in [0.5, 0.6) is 0 Å². The minimum atomic E-state index is -0.234. The van der Waals surface area contributed by atoms with Crippen LogP contribution in [-0.4, -0.2) is 43.2 Å². The van der Waals surface area contributed by atoms with E-state index in [1.807, 2.05) is 11.8 Å². The highest BCUT2D eigenvalue weighted by molar-refractivity contribution is 8.00. The molecule has 0 spiro atoms. The Kier molecular flexibility index (Phi) is 5.57.